The topological polar surface area (TPSA) is 47.0 Å². The predicted octanol–water partition coefficient (Wildman–Crippen LogP) is 1.63. The molecule has 4 nitrogen and oxygen atoms in total. The Hall–Kier alpha value is -1.16. The summed E-state index contributed by atoms with van der Waals surface area (Å²) >= 11 is 0. The molecule has 0 saturated carbocycles. The highest BCUT2D eigenvalue weighted by Gasteiger charge is 2.09. The molecular weight excluding hydrogens is 190 g/mol. The van der Waals surface area contributed by atoms with E-state index in [0.29, 0.717) is 6.01 Å². The minimum absolute atomic E-state index is 0.213. The van der Waals surface area contributed by atoms with Crippen LogP contribution in [0.5, 0.6) is 6.01 Å². The van der Waals surface area contributed by atoms with Crippen molar-refractivity contribution in [2.45, 2.75) is 32.3 Å². The van der Waals surface area contributed by atoms with Gasteiger partial charge < -0.3 is 10.1 Å². The maximum absolute atomic E-state index is 5.69. The number of nitrogens with zero attached hydrogens (tertiary/aromatic N) is 2. The third-order valence-corrected chi connectivity index (χ3v) is 2.14. The summed E-state index contributed by atoms with van der Waals surface area (Å²) in [7, 11) is 1.95. The SMILES string of the molecule is CCCC(CCNC)Oc1ncccn1. The van der Waals surface area contributed by atoms with Gasteiger partial charge in [0.15, 0.2) is 0 Å². The highest BCUT2D eigenvalue weighted by atomic mass is 16.5. The van der Waals surface area contributed by atoms with Gasteiger partial charge in [0.05, 0.1) is 0 Å². The average molecular weight is 209 g/mol. The zero-order valence-corrected chi connectivity index (χ0v) is 9.44. The summed E-state index contributed by atoms with van der Waals surface area (Å²) in [6, 6.07) is 2.27. The zero-order chi connectivity index (χ0) is 10.9. The van der Waals surface area contributed by atoms with Crippen LogP contribution < -0.4 is 10.1 Å². The Morgan fingerprint density at radius 1 is 1.33 bits per heavy atom. The van der Waals surface area contributed by atoms with E-state index >= 15 is 0 Å². The van der Waals surface area contributed by atoms with Gasteiger partial charge in [-0.2, -0.15) is 0 Å². The first-order chi connectivity index (χ1) is 7.36. The van der Waals surface area contributed by atoms with Crippen LogP contribution in [0.4, 0.5) is 0 Å². The highest BCUT2D eigenvalue weighted by Crippen LogP contribution is 2.09. The van der Waals surface area contributed by atoms with Gasteiger partial charge in [-0.25, -0.2) is 9.97 Å². The van der Waals surface area contributed by atoms with Crippen molar-refractivity contribution in [2.75, 3.05) is 13.6 Å². The van der Waals surface area contributed by atoms with Crippen LogP contribution in [0.2, 0.25) is 0 Å². The Bertz CT molecular complexity index is 253. The minimum Gasteiger partial charge on any atom is -0.460 e. The molecule has 0 aliphatic carbocycles. The van der Waals surface area contributed by atoms with Crippen molar-refractivity contribution in [3.63, 3.8) is 0 Å². The van der Waals surface area contributed by atoms with Gasteiger partial charge in [-0.3, -0.25) is 0 Å². The molecule has 0 fully saturated rings. The minimum atomic E-state index is 0.213. The second-order valence-electron chi connectivity index (χ2n) is 3.45. The van der Waals surface area contributed by atoms with Crippen LogP contribution in [0.1, 0.15) is 26.2 Å². The van der Waals surface area contributed by atoms with Gasteiger partial charge in [-0.1, -0.05) is 13.3 Å². The molecule has 0 aliphatic rings. The van der Waals surface area contributed by atoms with Crippen molar-refractivity contribution in [1.82, 2.24) is 15.3 Å². The van der Waals surface area contributed by atoms with E-state index < -0.39 is 0 Å². The summed E-state index contributed by atoms with van der Waals surface area (Å²) in [5, 5.41) is 3.12. The molecule has 0 aliphatic heterocycles. The van der Waals surface area contributed by atoms with E-state index in [1.54, 1.807) is 18.5 Å². The van der Waals surface area contributed by atoms with Crippen LogP contribution in [-0.2, 0) is 0 Å². The lowest BCUT2D eigenvalue weighted by Crippen LogP contribution is -2.23. The van der Waals surface area contributed by atoms with Crippen molar-refractivity contribution in [3.05, 3.63) is 18.5 Å². The molecule has 1 rings (SSSR count). The largest absolute Gasteiger partial charge is 0.460 e. The molecule has 1 unspecified atom stereocenters. The molecule has 1 atom stereocenters. The fourth-order valence-corrected chi connectivity index (χ4v) is 1.38. The normalized spacial score (nSPS) is 12.4. The Morgan fingerprint density at radius 2 is 2.07 bits per heavy atom. The molecule has 1 heterocycles. The Morgan fingerprint density at radius 3 is 2.67 bits per heavy atom. The molecule has 84 valence electrons. The first kappa shape index (κ1) is 11.9. The second-order valence-corrected chi connectivity index (χ2v) is 3.45. The first-order valence-electron chi connectivity index (χ1n) is 5.45. The summed E-state index contributed by atoms with van der Waals surface area (Å²) in [5.74, 6) is 0. The van der Waals surface area contributed by atoms with E-state index in [2.05, 4.69) is 22.2 Å². The molecule has 0 amide bonds. The standard InChI is InChI=1S/C11H19N3O/c1-3-5-10(6-9-12-2)15-11-13-7-4-8-14-11/h4,7-8,10,12H,3,5-6,9H2,1-2H3. The van der Waals surface area contributed by atoms with E-state index in [-0.39, 0.29) is 6.10 Å². The van der Waals surface area contributed by atoms with Gasteiger partial charge in [-0.15, -0.1) is 0 Å². The predicted molar refractivity (Wildman–Crippen MR) is 59.9 cm³/mol. The molecule has 0 radical (unpaired) electrons. The van der Waals surface area contributed by atoms with Crippen molar-refractivity contribution in [3.8, 4) is 6.01 Å². The zero-order valence-electron chi connectivity index (χ0n) is 9.44. The monoisotopic (exact) mass is 209 g/mol. The fraction of sp³-hybridized carbons (Fsp3) is 0.636. The van der Waals surface area contributed by atoms with E-state index in [1.807, 2.05) is 7.05 Å². The number of hydrogen-bond donors (Lipinski definition) is 1. The van der Waals surface area contributed by atoms with Crippen molar-refractivity contribution in [2.24, 2.45) is 0 Å². The lowest BCUT2D eigenvalue weighted by atomic mass is 10.1. The molecule has 0 saturated heterocycles. The summed E-state index contributed by atoms with van der Waals surface area (Å²) in [6.07, 6.45) is 6.75. The smallest absolute Gasteiger partial charge is 0.316 e. The summed E-state index contributed by atoms with van der Waals surface area (Å²) in [5.41, 5.74) is 0. The Labute approximate surface area is 91.1 Å². The van der Waals surface area contributed by atoms with E-state index in [9.17, 15) is 0 Å². The summed E-state index contributed by atoms with van der Waals surface area (Å²) in [4.78, 5) is 8.11. The van der Waals surface area contributed by atoms with Crippen molar-refractivity contribution >= 4 is 0 Å². The lowest BCUT2D eigenvalue weighted by Gasteiger charge is -2.16. The van der Waals surface area contributed by atoms with Crippen LogP contribution in [0.25, 0.3) is 0 Å². The van der Waals surface area contributed by atoms with Crippen LogP contribution in [0.15, 0.2) is 18.5 Å². The van der Waals surface area contributed by atoms with E-state index in [4.69, 9.17) is 4.74 Å². The molecule has 0 bridgehead atoms. The van der Waals surface area contributed by atoms with Gasteiger partial charge in [-0.05, 0) is 32.5 Å². The molecular formula is C11H19N3O. The highest BCUT2D eigenvalue weighted by molar-refractivity contribution is 4.94. The molecule has 1 N–H and O–H groups in total. The molecule has 0 spiro atoms. The van der Waals surface area contributed by atoms with Gasteiger partial charge in [0.2, 0.25) is 0 Å². The third kappa shape index (κ3) is 4.74. The van der Waals surface area contributed by atoms with Crippen LogP contribution in [-0.4, -0.2) is 29.7 Å². The first-order valence-corrected chi connectivity index (χ1v) is 5.45. The second kappa shape index (κ2) is 7.17. The van der Waals surface area contributed by atoms with Crippen molar-refractivity contribution < 1.29 is 4.74 Å². The van der Waals surface area contributed by atoms with Gasteiger partial charge in [0.25, 0.3) is 0 Å². The Kier molecular flexibility index (Phi) is 5.70. The quantitative estimate of drug-likeness (QED) is 0.741. The molecule has 15 heavy (non-hydrogen) atoms. The van der Waals surface area contributed by atoms with Gasteiger partial charge >= 0.3 is 6.01 Å². The maximum Gasteiger partial charge on any atom is 0.316 e. The summed E-state index contributed by atoms with van der Waals surface area (Å²) < 4.78 is 5.69. The molecule has 4 heteroatoms. The van der Waals surface area contributed by atoms with E-state index in [0.717, 1.165) is 25.8 Å². The maximum atomic E-state index is 5.69. The fourth-order valence-electron chi connectivity index (χ4n) is 1.38. The van der Waals surface area contributed by atoms with Crippen molar-refractivity contribution in [1.29, 1.82) is 0 Å². The number of rotatable bonds is 7. The van der Waals surface area contributed by atoms with Gasteiger partial charge in [0.1, 0.15) is 6.10 Å². The molecule has 1 aromatic rings. The Balaban J connectivity index is 2.43. The average Bonchev–Trinajstić information content (AvgIpc) is 2.28. The lowest BCUT2D eigenvalue weighted by molar-refractivity contribution is 0.164. The number of ether oxygens (including phenoxy) is 1. The van der Waals surface area contributed by atoms with Crippen LogP contribution >= 0.6 is 0 Å². The molecule has 1 aromatic heterocycles. The van der Waals surface area contributed by atoms with Crippen LogP contribution in [0, 0.1) is 0 Å². The number of aromatic nitrogens is 2. The molecule has 0 aromatic carbocycles. The van der Waals surface area contributed by atoms with Crippen LogP contribution in [0.3, 0.4) is 0 Å². The third-order valence-electron chi connectivity index (χ3n) is 2.14. The van der Waals surface area contributed by atoms with Gasteiger partial charge in [0, 0.05) is 12.4 Å². The summed E-state index contributed by atoms with van der Waals surface area (Å²) in [6.45, 7) is 3.11. The number of nitrogens with one attached hydrogen (secondary N) is 1. The number of hydrogen-bond acceptors (Lipinski definition) is 4. The van der Waals surface area contributed by atoms with E-state index in [1.165, 1.54) is 0 Å².